The molecule has 0 aromatic heterocycles. The summed E-state index contributed by atoms with van der Waals surface area (Å²) < 4.78 is 30.0. The van der Waals surface area contributed by atoms with Crippen molar-refractivity contribution in [2.75, 3.05) is 20.2 Å². The number of benzene rings is 1. The Kier molecular flexibility index (Phi) is 7.98. The van der Waals surface area contributed by atoms with Gasteiger partial charge >= 0.3 is 5.97 Å². The topological polar surface area (TPSA) is 92.8 Å². The molecule has 0 atom stereocenters. The van der Waals surface area contributed by atoms with Gasteiger partial charge in [0.05, 0.1) is 0 Å². The van der Waals surface area contributed by atoms with Crippen LogP contribution in [0, 0.1) is 0 Å². The largest absolute Gasteiger partial charge is 0.455 e. The first kappa shape index (κ1) is 21.9. The molecule has 1 aromatic carbocycles. The van der Waals surface area contributed by atoms with Gasteiger partial charge in [-0.2, -0.15) is 4.31 Å². The summed E-state index contributed by atoms with van der Waals surface area (Å²) in [5.74, 6) is -1.23. The Balaban J connectivity index is 2.52. The van der Waals surface area contributed by atoms with E-state index in [4.69, 9.17) is 4.74 Å². The number of likely N-dealkylation sites (N-methyl/N-ethyl adjacent to an activating group) is 1. The molecule has 1 amide bonds. The molecule has 7 nitrogen and oxygen atoms in total. The number of nitrogens with one attached hydrogen (secondary N) is 1. The molecule has 1 rings (SSSR count). The Morgan fingerprint density at radius 1 is 1.23 bits per heavy atom. The van der Waals surface area contributed by atoms with Crippen molar-refractivity contribution in [3.8, 4) is 0 Å². The Morgan fingerprint density at radius 2 is 1.85 bits per heavy atom. The Hall–Kier alpha value is -2.19. The molecule has 0 aliphatic carbocycles. The number of carbonyl (C=O) groups is 2. The molecule has 1 aromatic rings. The lowest BCUT2D eigenvalue weighted by atomic mass is 10.0. The average molecular weight is 382 g/mol. The van der Waals surface area contributed by atoms with Crippen LogP contribution in [0.2, 0.25) is 0 Å². The summed E-state index contributed by atoms with van der Waals surface area (Å²) in [6.07, 6.45) is 2.17. The van der Waals surface area contributed by atoms with Gasteiger partial charge in [0.15, 0.2) is 6.61 Å². The van der Waals surface area contributed by atoms with Crippen LogP contribution in [-0.4, -0.2) is 50.3 Å². The van der Waals surface area contributed by atoms with Gasteiger partial charge in [-0.1, -0.05) is 37.3 Å². The van der Waals surface area contributed by atoms with E-state index in [1.807, 2.05) is 26.8 Å². The van der Waals surface area contributed by atoms with Crippen molar-refractivity contribution < 1.29 is 22.7 Å². The van der Waals surface area contributed by atoms with E-state index < -0.39 is 40.6 Å². The first-order valence-corrected chi connectivity index (χ1v) is 9.72. The van der Waals surface area contributed by atoms with Crippen LogP contribution in [0.3, 0.4) is 0 Å². The van der Waals surface area contributed by atoms with Gasteiger partial charge in [0.2, 0.25) is 10.0 Å². The molecule has 0 fully saturated rings. The molecule has 8 heteroatoms. The maximum absolute atomic E-state index is 12.2. The molecule has 0 radical (unpaired) electrons. The minimum absolute atomic E-state index is 0.397. The molecular weight excluding hydrogens is 356 g/mol. The number of hydrogen-bond acceptors (Lipinski definition) is 5. The molecule has 0 saturated carbocycles. The summed E-state index contributed by atoms with van der Waals surface area (Å²) in [6, 6.07) is 8.93. The molecule has 26 heavy (non-hydrogen) atoms. The summed E-state index contributed by atoms with van der Waals surface area (Å²) in [5.41, 5.74) is 0.327. The average Bonchev–Trinajstić information content (AvgIpc) is 2.59. The van der Waals surface area contributed by atoms with E-state index in [0.717, 1.165) is 21.7 Å². The van der Waals surface area contributed by atoms with Crippen LogP contribution in [0.1, 0.15) is 32.8 Å². The summed E-state index contributed by atoms with van der Waals surface area (Å²) in [6.45, 7) is 4.70. The van der Waals surface area contributed by atoms with Crippen molar-refractivity contribution in [1.82, 2.24) is 9.62 Å². The molecule has 0 unspecified atom stereocenters. The van der Waals surface area contributed by atoms with Crippen molar-refractivity contribution in [3.05, 3.63) is 41.3 Å². The van der Waals surface area contributed by atoms with E-state index in [-0.39, 0.29) is 0 Å². The molecule has 0 aliphatic rings. The highest BCUT2D eigenvalue weighted by Crippen LogP contribution is 2.07. The molecule has 0 saturated heterocycles. The smallest absolute Gasteiger partial charge is 0.321 e. The van der Waals surface area contributed by atoms with Gasteiger partial charge in [-0.15, -0.1) is 0 Å². The Bertz CT molecular complexity index is 742. The summed E-state index contributed by atoms with van der Waals surface area (Å²) in [7, 11) is -2.50. The molecular formula is C18H26N2O5S. The molecule has 0 spiro atoms. The van der Waals surface area contributed by atoms with Crippen molar-refractivity contribution in [3.63, 3.8) is 0 Å². The second kappa shape index (κ2) is 9.49. The minimum Gasteiger partial charge on any atom is -0.455 e. The van der Waals surface area contributed by atoms with Crippen LogP contribution in [0.15, 0.2) is 35.7 Å². The lowest BCUT2D eigenvalue weighted by Crippen LogP contribution is -2.45. The molecule has 144 valence electrons. The highest BCUT2D eigenvalue weighted by Gasteiger charge is 2.21. The number of sulfonamides is 1. The van der Waals surface area contributed by atoms with Crippen molar-refractivity contribution in [2.45, 2.75) is 32.7 Å². The van der Waals surface area contributed by atoms with Gasteiger partial charge in [-0.25, -0.2) is 8.42 Å². The van der Waals surface area contributed by atoms with Gasteiger partial charge in [-0.3, -0.25) is 9.59 Å². The number of carbonyl (C=O) groups excluding carboxylic acids is 2. The van der Waals surface area contributed by atoms with Crippen LogP contribution in [0.4, 0.5) is 0 Å². The standard InChI is InChI=1S/C18H26N2O5S/c1-5-18(2,3)19-16(21)14-25-17(22)13-20(4)26(23,24)12-11-15-9-7-6-8-10-15/h6-12H,5,13-14H2,1-4H3,(H,19,21)/b12-11+. The number of ether oxygens (including phenoxy) is 1. The Morgan fingerprint density at radius 3 is 2.42 bits per heavy atom. The molecule has 0 heterocycles. The van der Waals surface area contributed by atoms with E-state index in [0.29, 0.717) is 0 Å². The summed E-state index contributed by atoms with van der Waals surface area (Å²) >= 11 is 0. The van der Waals surface area contributed by atoms with Crippen molar-refractivity contribution >= 4 is 28.0 Å². The van der Waals surface area contributed by atoms with Crippen LogP contribution >= 0.6 is 0 Å². The summed E-state index contributed by atoms with van der Waals surface area (Å²) in [4.78, 5) is 23.5. The minimum atomic E-state index is -3.77. The fraction of sp³-hybridized carbons (Fsp3) is 0.444. The zero-order chi connectivity index (χ0) is 19.8. The predicted octanol–water partition coefficient (Wildman–Crippen LogP) is 1.77. The van der Waals surface area contributed by atoms with Crippen LogP contribution in [0.5, 0.6) is 0 Å². The van der Waals surface area contributed by atoms with Gasteiger partial charge in [-0.05, 0) is 31.9 Å². The third-order valence-corrected chi connectivity index (χ3v) is 5.22. The normalized spacial score (nSPS) is 12.3. The SMILES string of the molecule is CCC(C)(C)NC(=O)COC(=O)CN(C)S(=O)(=O)/C=C/c1ccccc1. The second-order valence-corrected chi connectivity index (χ2v) is 8.39. The lowest BCUT2D eigenvalue weighted by Gasteiger charge is -2.24. The lowest BCUT2D eigenvalue weighted by molar-refractivity contribution is -0.149. The highest BCUT2D eigenvalue weighted by molar-refractivity contribution is 7.92. The Labute approximate surface area is 155 Å². The number of rotatable bonds is 9. The zero-order valence-corrected chi connectivity index (χ0v) is 16.4. The fourth-order valence-corrected chi connectivity index (χ4v) is 2.62. The maximum atomic E-state index is 12.2. The monoisotopic (exact) mass is 382 g/mol. The second-order valence-electron chi connectivity index (χ2n) is 6.46. The number of hydrogen-bond donors (Lipinski definition) is 1. The maximum Gasteiger partial charge on any atom is 0.321 e. The van der Waals surface area contributed by atoms with E-state index in [2.05, 4.69) is 5.32 Å². The number of amides is 1. The fourth-order valence-electron chi connectivity index (χ4n) is 1.80. The number of nitrogens with zero attached hydrogens (tertiary/aromatic N) is 1. The van der Waals surface area contributed by atoms with Crippen molar-refractivity contribution in [2.24, 2.45) is 0 Å². The van der Waals surface area contributed by atoms with Gasteiger partial charge in [0, 0.05) is 18.0 Å². The van der Waals surface area contributed by atoms with E-state index in [9.17, 15) is 18.0 Å². The van der Waals surface area contributed by atoms with Crippen molar-refractivity contribution in [1.29, 1.82) is 0 Å². The third-order valence-electron chi connectivity index (χ3n) is 3.74. The molecule has 0 aliphatic heterocycles. The third kappa shape index (κ3) is 7.79. The number of esters is 1. The van der Waals surface area contributed by atoms with Gasteiger partial charge in [0.1, 0.15) is 6.54 Å². The first-order chi connectivity index (χ1) is 12.1. The van der Waals surface area contributed by atoms with Crippen LogP contribution < -0.4 is 5.32 Å². The highest BCUT2D eigenvalue weighted by atomic mass is 32.2. The van der Waals surface area contributed by atoms with E-state index in [1.165, 1.54) is 13.1 Å². The van der Waals surface area contributed by atoms with Crippen LogP contribution in [0.25, 0.3) is 6.08 Å². The van der Waals surface area contributed by atoms with Crippen LogP contribution in [-0.2, 0) is 24.3 Å². The summed E-state index contributed by atoms with van der Waals surface area (Å²) in [5, 5.41) is 3.74. The quantitative estimate of drug-likeness (QED) is 0.657. The van der Waals surface area contributed by atoms with Gasteiger partial charge in [0.25, 0.3) is 5.91 Å². The van der Waals surface area contributed by atoms with E-state index in [1.54, 1.807) is 24.3 Å². The first-order valence-electron chi connectivity index (χ1n) is 8.22. The van der Waals surface area contributed by atoms with Gasteiger partial charge < -0.3 is 10.1 Å². The molecule has 0 bridgehead atoms. The van der Waals surface area contributed by atoms with E-state index >= 15 is 0 Å². The molecule has 1 N–H and O–H groups in total. The predicted molar refractivity (Wildman–Crippen MR) is 100 cm³/mol. The zero-order valence-electron chi connectivity index (χ0n) is 15.6.